The average Bonchev–Trinajstić information content (AvgIpc) is 3.28. The highest BCUT2D eigenvalue weighted by Gasteiger charge is 2.38. The second kappa shape index (κ2) is 4.93. The Labute approximate surface area is 139 Å². The van der Waals surface area contributed by atoms with Crippen LogP contribution in [0.5, 0.6) is 0 Å². The van der Waals surface area contributed by atoms with E-state index in [-0.39, 0.29) is 0 Å². The number of nitrogens with zero attached hydrogens (tertiary/aromatic N) is 1. The zero-order valence-corrected chi connectivity index (χ0v) is 14.2. The van der Waals surface area contributed by atoms with Crippen molar-refractivity contribution in [3.63, 3.8) is 0 Å². The van der Waals surface area contributed by atoms with Crippen molar-refractivity contribution in [1.29, 1.82) is 0 Å². The number of aromatic nitrogens is 1. The lowest BCUT2D eigenvalue weighted by Crippen LogP contribution is -2.02. The van der Waals surface area contributed by atoms with Crippen molar-refractivity contribution in [2.24, 2.45) is 0 Å². The first kappa shape index (κ1) is 13.8. The lowest BCUT2D eigenvalue weighted by Gasteiger charge is -2.19. The quantitative estimate of drug-likeness (QED) is 0.677. The molecule has 1 heteroatoms. The van der Waals surface area contributed by atoms with Crippen LogP contribution >= 0.6 is 0 Å². The van der Waals surface area contributed by atoms with E-state index in [0.717, 1.165) is 17.8 Å². The largest absolute Gasteiger partial charge is 0.256 e. The standard InChI is InChI=1S/C22H25N/c1-3-14-4-7-17-12-23-21(11-19(14)17)18-8-13(2)22-16-6-5-15(9-16)20(22)10-18/h8,10-12,14-16H,3-7,9H2,1-2H3. The van der Waals surface area contributed by atoms with Gasteiger partial charge in [0, 0.05) is 11.8 Å². The predicted octanol–water partition coefficient (Wildman–Crippen LogP) is 5.86. The molecule has 3 aliphatic rings. The van der Waals surface area contributed by atoms with Crippen molar-refractivity contribution in [3.8, 4) is 11.3 Å². The maximum Gasteiger partial charge on any atom is 0.0705 e. The topological polar surface area (TPSA) is 12.9 Å². The third kappa shape index (κ3) is 1.95. The highest BCUT2D eigenvalue weighted by molar-refractivity contribution is 5.66. The Balaban J connectivity index is 1.61. The van der Waals surface area contributed by atoms with Gasteiger partial charge >= 0.3 is 0 Å². The van der Waals surface area contributed by atoms with Crippen LogP contribution in [0.1, 0.15) is 84.6 Å². The first-order chi connectivity index (χ1) is 11.2. The van der Waals surface area contributed by atoms with Gasteiger partial charge in [-0.15, -0.1) is 0 Å². The maximum absolute atomic E-state index is 4.82. The third-order valence-electron chi connectivity index (χ3n) is 6.71. The molecule has 0 spiro atoms. The fraction of sp³-hybridized carbons (Fsp3) is 0.500. The molecule has 23 heavy (non-hydrogen) atoms. The van der Waals surface area contributed by atoms with Crippen molar-refractivity contribution in [1.82, 2.24) is 4.98 Å². The van der Waals surface area contributed by atoms with Crippen LogP contribution in [-0.4, -0.2) is 4.98 Å². The smallest absolute Gasteiger partial charge is 0.0705 e. The van der Waals surface area contributed by atoms with Crippen molar-refractivity contribution >= 4 is 0 Å². The Morgan fingerprint density at radius 2 is 1.91 bits per heavy atom. The summed E-state index contributed by atoms with van der Waals surface area (Å²) < 4.78 is 0. The van der Waals surface area contributed by atoms with Crippen LogP contribution in [0, 0.1) is 6.92 Å². The summed E-state index contributed by atoms with van der Waals surface area (Å²) >= 11 is 0. The van der Waals surface area contributed by atoms with Gasteiger partial charge in [-0.3, -0.25) is 4.98 Å². The highest BCUT2D eigenvalue weighted by atomic mass is 14.7. The van der Waals surface area contributed by atoms with Gasteiger partial charge < -0.3 is 0 Å². The summed E-state index contributed by atoms with van der Waals surface area (Å²) in [4.78, 5) is 4.82. The van der Waals surface area contributed by atoms with Crippen molar-refractivity contribution in [3.05, 3.63) is 52.2 Å². The minimum atomic E-state index is 0.748. The molecule has 0 N–H and O–H groups in total. The van der Waals surface area contributed by atoms with Gasteiger partial charge in [-0.2, -0.15) is 0 Å². The Morgan fingerprint density at radius 1 is 1.04 bits per heavy atom. The Morgan fingerprint density at radius 3 is 2.78 bits per heavy atom. The first-order valence-corrected chi connectivity index (χ1v) is 9.38. The lowest BCUT2D eigenvalue weighted by molar-refractivity contribution is 0.656. The number of hydrogen-bond acceptors (Lipinski definition) is 1. The molecule has 1 heterocycles. The molecule has 1 nitrogen and oxygen atoms in total. The molecule has 2 aromatic rings. The minimum absolute atomic E-state index is 0.748. The zero-order chi connectivity index (χ0) is 15.6. The van der Waals surface area contributed by atoms with Gasteiger partial charge in [-0.25, -0.2) is 0 Å². The van der Waals surface area contributed by atoms with E-state index in [0.29, 0.717) is 0 Å². The predicted molar refractivity (Wildman–Crippen MR) is 95.1 cm³/mol. The van der Waals surface area contributed by atoms with E-state index in [2.05, 4.69) is 38.2 Å². The van der Waals surface area contributed by atoms with Gasteiger partial charge in [0.1, 0.15) is 0 Å². The van der Waals surface area contributed by atoms with Crippen LogP contribution in [0.15, 0.2) is 24.4 Å². The fourth-order valence-corrected chi connectivity index (χ4v) is 5.55. The third-order valence-corrected chi connectivity index (χ3v) is 6.71. The minimum Gasteiger partial charge on any atom is -0.256 e. The molecule has 5 rings (SSSR count). The van der Waals surface area contributed by atoms with Crippen LogP contribution in [-0.2, 0) is 6.42 Å². The van der Waals surface area contributed by atoms with E-state index in [9.17, 15) is 0 Å². The van der Waals surface area contributed by atoms with Gasteiger partial charge in [-0.1, -0.05) is 6.92 Å². The number of fused-ring (bicyclic) bond motifs is 6. The number of pyridine rings is 1. The first-order valence-electron chi connectivity index (χ1n) is 9.38. The highest BCUT2D eigenvalue weighted by Crippen LogP contribution is 2.54. The molecular weight excluding hydrogens is 278 g/mol. The normalized spacial score (nSPS) is 27.3. The molecule has 0 radical (unpaired) electrons. The van der Waals surface area contributed by atoms with Gasteiger partial charge in [0.25, 0.3) is 0 Å². The van der Waals surface area contributed by atoms with Gasteiger partial charge in [-0.05, 0) is 109 Å². The van der Waals surface area contributed by atoms with Crippen molar-refractivity contribution in [2.45, 2.75) is 70.1 Å². The summed E-state index contributed by atoms with van der Waals surface area (Å²) in [5, 5.41) is 0. The summed E-state index contributed by atoms with van der Waals surface area (Å²) in [7, 11) is 0. The van der Waals surface area contributed by atoms with Crippen LogP contribution in [0.25, 0.3) is 11.3 Å². The van der Waals surface area contributed by atoms with Crippen LogP contribution in [0.3, 0.4) is 0 Å². The number of hydrogen-bond donors (Lipinski definition) is 0. The van der Waals surface area contributed by atoms with E-state index in [1.165, 1.54) is 60.9 Å². The molecule has 0 saturated heterocycles. The average molecular weight is 303 g/mol. The summed E-state index contributed by atoms with van der Waals surface area (Å²) in [6, 6.07) is 7.26. The zero-order valence-electron chi connectivity index (χ0n) is 14.2. The molecule has 3 aliphatic carbocycles. The monoisotopic (exact) mass is 303 g/mol. The van der Waals surface area contributed by atoms with E-state index in [1.54, 1.807) is 16.7 Å². The van der Waals surface area contributed by atoms with Crippen molar-refractivity contribution < 1.29 is 0 Å². The Kier molecular flexibility index (Phi) is 2.95. The van der Waals surface area contributed by atoms with E-state index >= 15 is 0 Å². The molecule has 1 fully saturated rings. The summed E-state index contributed by atoms with van der Waals surface area (Å²) in [5.74, 6) is 2.42. The number of benzene rings is 1. The van der Waals surface area contributed by atoms with Crippen LogP contribution < -0.4 is 0 Å². The molecule has 3 atom stereocenters. The maximum atomic E-state index is 4.82. The van der Waals surface area contributed by atoms with Gasteiger partial charge in [0.15, 0.2) is 0 Å². The van der Waals surface area contributed by atoms with E-state index in [1.807, 2.05) is 0 Å². The summed E-state index contributed by atoms with van der Waals surface area (Å²) in [6.45, 7) is 4.63. The molecular formula is C22H25N. The number of aryl methyl sites for hydroxylation is 2. The summed E-state index contributed by atoms with van der Waals surface area (Å²) in [5.41, 5.74) is 10.4. The molecule has 1 saturated carbocycles. The SMILES string of the molecule is CCC1CCc2cnc(-c3cc(C)c4c(c3)C3CCC4C3)cc21. The summed E-state index contributed by atoms with van der Waals surface area (Å²) in [6.07, 6.45) is 10.1. The van der Waals surface area contributed by atoms with E-state index < -0.39 is 0 Å². The molecule has 0 amide bonds. The Bertz CT molecular complexity index is 789. The Hall–Kier alpha value is -1.63. The molecule has 0 aliphatic heterocycles. The molecule has 2 bridgehead atoms. The second-order valence-corrected chi connectivity index (χ2v) is 7.92. The van der Waals surface area contributed by atoms with Gasteiger partial charge in [0.2, 0.25) is 0 Å². The fourth-order valence-electron chi connectivity index (χ4n) is 5.55. The molecule has 1 aromatic carbocycles. The number of rotatable bonds is 2. The lowest BCUT2D eigenvalue weighted by atomic mass is 9.86. The second-order valence-electron chi connectivity index (χ2n) is 7.92. The van der Waals surface area contributed by atoms with Crippen LogP contribution in [0.4, 0.5) is 0 Å². The van der Waals surface area contributed by atoms with E-state index in [4.69, 9.17) is 4.98 Å². The van der Waals surface area contributed by atoms with Crippen LogP contribution in [0.2, 0.25) is 0 Å². The molecule has 3 unspecified atom stereocenters. The van der Waals surface area contributed by atoms with Crippen molar-refractivity contribution in [2.75, 3.05) is 0 Å². The molecule has 1 aromatic heterocycles. The molecule has 118 valence electrons. The van der Waals surface area contributed by atoms with Gasteiger partial charge in [0.05, 0.1) is 5.69 Å².